The van der Waals surface area contributed by atoms with Crippen LogP contribution in [0.5, 0.6) is 6.01 Å². The molecule has 0 bridgehead atoms. The Balaban J connectivity index is 1.42. The molecule has 1 N–H and O–H groups in total. The van der Waals surface area contributed by atoms with Crippen molar-refractivity contribution in [1.82, 2.24) is 20.2 Å². The Hall–Kier alpha value is -2.70. The Morgan fingerprint density at radius 1 is 1.24 bits per heavy atom. The SMILES string of the molecule is Cc1cnc(OC2CCN(C(=O)NCc3ccc(F)cc3)CC2)nc1. The third-order valence-electron chi connectivity index (χ3n) is 4.12. The number of piperidine rings is 1. The summed E-state index contributed by atoms with van der Waals surface area (Å²) in [7, 11) is 0. The Labute approximate surface area is 146 Å². The second-order valence-corrected chi connectivity index (χ2v) is 6.13. The molecule has 1 saturated heterocycles. The van der Waals surface area contributed by atoms with Gasteiger partial charge in [-0.3, -0.25) is 0 Å². The number of aromatic nitrogens is 2. The first kappa shape index (κ1) is 17.1. The Morgan fingerprint density at radius 2 is 1.88 bits per heavy atom. The van der Waals surface area contributed by atoms with E-state index in [0.717, 1.165) is 24.0 Å². The van der Waals surface area contributed by atoms with E-state index in [1.807, 2.05) is 6.92 Å². The van der Waals surface area contributed by atoms with E-state index in [1.165, 1.54) is 12.1 Å². The molecular weight excluding hydrogens is 323 g/mol. The van der Waals surface area contributed by atoms with Crippen molar-refractivity contribution >= 4 is 6.03 Å². The summed E-state index contributed by atoms with van der Waals surface area (Å²) in [6, 6.07) is 6.36. The maximum atomic E-state index is 12.9. The first-order chi connectivity index (χ1) is 12.1. The number of rotatable bonds is 4. The van der Waals surface area contributed by atoms with Gasteiger partial charge in [0.05, 0.1) is 0 Å². The molecule has 2 heterocycles. The lowest BCUT2D eigenvalue weighted by molar-refractivity contribution is 0.103. The van der Waals surface area contributed by atoms with Gasteiger partial charge in [0.15, 0.2) is 0 Å². The van der Waals surface area contributed by atoms with Crippen molar-refractivity contribution in [2.75, 3.05) is 13.1 Å². The highest BCUT2D eigenvalue weighted by Crippen LogP contribution is 2.16. The minimum Gasteiger partial charge on any atom is -0.460 e. The molecule has 132 valence electrons. The molecule has 1 aliphatic heterocycles. The third kappa shape index (κ3) is 4.89. The summed E-state index contributed by atoms with van der Waals surface area (Å²) in [5.41, 5.74) is 1.85. The van der Waals surface area contributed by atoms with Crippen LogP contribution < -0.4 is 10.1 Å². The van der Waals surface area contributed by atoms with Crippen LogP contribution in [-0.2, 0) is 6.54 Å². The number of ether oxygens (including phenoxy) is 1. The van der Waals surface area contributed by atoms with E-state index in [9.17, 15) is 9.18 Å². The zero-order valence-corrected chi connectivity index (χ0v) is 14.1. The van der Waals surface area contributed by atoms with E-state index in [0.29, 0.717) is 25.6 Å². The molecule has 0 radical (unpaired) electrons. The van der Waals surface area contributed by atoms with Gasteiger partial charge in [-0.25, -0.2) is 19.2 Å². The standard InChI is InChI=1S/C18H21FN4O2/c1-13-10-20-17(21-11-13)25-16-6-8-23(9-7-16)18(24)22-12-14-2-4-15(19)5-3-14/h2-5,10-11,16H,6-9,12H2,1H3,(H,22,24). The molecule has 3 rings (SSSR count). The minimum absolute atomic E-state index is 0.0175. The molecule has 6 nitrogen and oxygen atoms in total. The lowest BCUT2D eigenvalue weighted by Gasteiger charge is -2.31. The second kappa shape index (κ2) is 7.92. The van der Waals surface area contributed by atoms with Crippen molar-refractivity contribution in [3.63, 3.8) is 0 Å². The van der Waals surface area contributed by atoms with E-state index >= 15 is 0 Å². The highest BCUT2D eigenvalue weighted by Gasteiger charge is 2.24. The molecule has 0 aliphatic carbocycles. The largest absolute Gasteiger partial charge is 0.460 e. The number of amides is 2. The van der Waals surface area contributed by atoms with Crippen molar-refractivity contribution in [2.24, 2.45) is 0 Å². The monoisotopic (exact) mass is 344 g/mol. The summed E-state index contributed by atoms with van der Waals surface area (Å²) in [5, 5.41) is 2.86. The van der Waals surface area contributed by atoms with Gasteiger partial charge >= 0.3 is 12.0 Å². The molecule has 1 fully saturated rings. The highest BCUT2D eigenvalue weighted by atomic mass is 19.1. The maximum Gasteiger partial charge on any atom is 0.317 e. The van der Waals surface area contributed by atoms with Gasteiger partial charge in [-0.1, -0.05) is 12.1 Å². The van der Waals surface area contributed by atoms with Crippen molar-refractivity contribution < 1.29 is 13.9 Å². The van der Waals surface area contributed by atoms with E-state index in [4.69, 9.17) is 4.74 Å². The number of benzene rings is 1. The van der Waals surface area contributed by atoms with E-state index in [2.05, 4.69) is 15.3 Å². The number of nitrogens with one attached hydrogen (secondary N) is 1. The average Bonchev–Trinajstić information content (AvgIpc) is 2.63. The number of halogens is 1. The topological polar surface area (TPSA) is 67.3 Å². The maximum absolute atomic E-state index is 12.9. The summed E-state index contributed by atoms with van der Waals surface area (Å²) in [4.78, 5) is 22.3. The zero-order valence-electron chi connectivity index (χ0n) is 14.1. The molecule has 0 spiro atoms. The highest BCUT2D eigenvalue weighted by molar-refractivity contribution is 5.74. The molecular formula is C18H21FN4O2. The summed E-state index contributed by atoms with van der Waals surface area (Å²) < 4.78 is 18.6. The number of carbonyl (C=O) groups excluding carboxylic acids is 1. The van der Waals surface area contributed by atoms with Crippen molar-refractivity contribution in [3.8, 4) is 6.01 Å². The van der Waals surface area contributed by atoms with Crippen LogP contribution >= 0.6 is 0 Å². The number of hydrogen-bond acceptors (Lipinski definition) is 4. The van der Waals surface area contributed by atoms with Gasteiger partial charge in [0, 0.05) is 44.9 Å². The number of urea groups is 1. The van der Waals surface area contributed by atoms with Crippen molar-refractivity contribution in [3.05, 3.63) is 53.6 Å². The van der Waals surface area contributed by atoms with Gasteiger partial charge in [0.25, 0.3) is 0 Å². The second-order valence-electron chi connectivity index (χ2n) is 6.13. The zero-order chi connectivity index (χ0) is 17.6. The summed E-state index contributed by atoms with van der Waals surface area (Å²) in [6.45, 7) is 3.54. The first-order valence-corrected chi connectivity index (χ1v) is 8.32. The van der Waals surface area contributed by atoms with Crippen LogP contribution in [0.4, 0.5) is 9.18 Å². The van der Waals surface area contributed by atoms with Crippen LogP contribution in [0.15, 0.2) is 36.7 Å². The Bertz CT molecular complexity index is 698. The normalized spacial score (nSPS) is 15.0. The lowest BCUT2D eigenvalue weighted by atomic mass is 10.1. The Kier molecular flexibility index (Phi) is 5.42. The molecule has 0 atom stereocenters. The summed E-state index contributed by atoms with van der Waals surface area (Å²) in [6.07, 6.45) is 4.94. The number of hydrogen-bond donors (Lipinski definition) is 1. The van der Waals surface area contributed by atoms with Gasteiger partial charge in [-0.15, -0.1) is 0 Å². The van der Waals surface area contributed by atoms with Crippen LogP contribution in [-0.4, -0.2) is 40.1 Å². The van der Waals surface area contributed by atoms with Gasteiger partial charge in [-0.2, -0.15) is 0 Å². The minimum atomic E-state index is -0.283. The van der Waals surface area contributed by atoms with Crippen LogP contribution in [0.3, 0.4) is 0 Å². The van der Waals surface area contributed by atoms with Crippen molar-refractivity contribution in [2.45, 2.75) is 32.4 Å². The predicted molar refractivity (Wildman–Crippen MR) is 90.6 cm³/mol. The molecule has 1 aromatic carbocycles. The van der Waals surface area contributed by atoms with Crippen LogP contribution in [0.2, 0.25) is 0 Å². The molecule has 1 aromatic heterocycles. The molecule has 1 aliphatic rings. The molecule has 25 heavy (non-hydrogen) atoms. The third-order valence-corrected chi connectivity index (χ3v) is 4.12. The number of carbonyl (C=O) groups is 1. The van der Waals surface area contributed by atoms with Crippen LogP contribution in [0, 0.1) is 12.7 Å². The molecule has 0 unspecified atom stereocenters. The van der Waals surface area contributed by atoms with E-state index in [1.54, 1.807) is 29.4 Å². The predicted octanol–water partition coefficient (Wildman–Crippen LogP) is 2.68. The molecule has 2 amide bonds. The summed E-state index contributed by atoms with van der Waals surface area (Å²) in [5.74, 6) is -0.283. The van der Waals surface area contributed by atoms with Crippen LogP contribution in [0.1, 0.15) is 24.0 Å². The lowest BCUT2D eigenvalue weighted by Crippen LogP contribution is -2.46. The van der Waals surface area contributed by atoms with E-state index < -0.39 is 0 Å². The molecule has 2 aromatic rings. The van der Waals surface area contributed by atoms with Gasteiger partial charge in [0.1, 0.15) is 11.9 Å². The number of likely N-dealkylation sites (tertiary alicyclic amines) is 1. The van der Waals surface area contributed by atoms with Gasteiger partial charge in [-0.05, 0) is 30.2 Å². The fraction of sp³-hybridized carbons (Fsp3) is 0.389. The van der Waals surface area contributed by atoms with Crippen LogP contribution in [0.25, 0.3) is 0 Å². The molecule has 7 heteroatoms. The fourth-order valence-electron chi connectivity index (χ4n) is 2.66. The quantitative estimate of drug-likeness (QED) is 0.926. The van der Waals surface area contributed by atoms with Gasteiger partial charge < -0.3 is 15.0 Å². The average molecular weight is 344 g/mol. The number of nitrogens with zero attached hydrogens (tertiary/aromatic N) is 3. The molecule has 0 saturated carbocycles. The fourth-order valence-corrected chi connectivity index (χ4v) is 2.66. The Morgan fingerprint density at radius 3 is 2.52 bits per heavy atom. The van der Waals surface area contributed by atoms with Crippen molar-refractivity contribution in [1.29, 1.82) is 0 Å². The first-order valence-electron chi connectivity index (χ1n) is 8.32. The smallest absolute Gasteiger partial charge is 0.317 e. The summed E-state index contributed by atoms with van der Waals surface area (Å²) >= 11 is 0. The number of aryl methyl sites for hydroxylation is 1. The van der Waals surface area contributed by atoms with E-state index in [-0.39, 0.29) is 18.0 Å². The van der Waals surface area contributed by atoms with Gasteiger partial charge in [0.2, 0.25) is 0 Å².